The van der Waals surface area contributed by atoms with E-state index in [0.29, 0.717) is 0 Å². The molecule has 34 heavy (non-hydrogen) atoms. The van der Waals surface area contributed by atoms with E-state index in [-0.39, 0.29) is 18.8 Å². The van der Waals surface area contributed by atoms with E-state index < -0.39 is 55.9 Å². The molecule has 0 amide bonds. The summed E-state index contributed by atoms with van der Waals surface area (Å²) in [6.07, 6.45) is -3.88. The van der Waals surface area contributed by atoms with Crippen molar-refractivity contribution < 1.29 is 37.4 Å². The maximum Gasteiger partial charge on any atom is 0.356 e. The number of methoxy groups -OCH3 is 1. The fourth-order valence-electron chi connectivity index (χ4n) is 3.40. The quantitative estimate of drug-likeness (QED) is 0.360. The lowest BCUT2D eigenvalue weighted by Crippen LogP contribution is -2.41. The number of carbonyl (C=O) groups is 1. The van der Waals surface area contributed by atoms with Crippen molar-refractivity contribution in [3.8, 4) is 0 Å². The Bertz CT molecular complexity index is 1110. The van der Waals surface area contributed by atoms with E-state index >= 15 is 0 Å². The number of rotatable bonds is 11. The summed E-state index contributed by atoms with van der Waals surface area (Å²) in [6.45, 7) is 3.55. The number of esters is 1. The van der Waals surface area contributed by atoms with Crippen LogP contribution in [0.5, 0.6) is 0 Å². The molecule has 2 aromatic rings. The fraction of sp³-hybridized carbons (Fsp3) is 0.476. The first-order chi connectivity index (χ1) is 16.3. The number of aromatic amines is 1. The Morgan fingerprint density at radius 1 is 1.09 bits per heavy atom. The third-order valence-corrected chi connectivity index (χ3v) is 6.61. The van der Waals surface area contributed by atoms with Crippen LogP contribution < -0.4 is 11.2 Å². The molecule has 1 aromatic carbocycles. The first-order valence-corrected chi connectivity index (χ1v) is 12.3. The second kappa shape index (κ2) is 11.7. The molecule has 0 unspecified atom stereocenters. The molecule has 12 nitrogen and oxygen atoms in total. The molecule has 0 saturated carbocycles. The summed E-state index contributed by atoms with van der Waals surface area (Å²) < 4.78 is 47.1. The van der Waals surface area contributed by atoms with Crippen LogP contribution in [0.3, 0.4) is 0 Å². The largest absolute Gasteiger partial charge is 0.450 e. The third kappa shape index (κ3) is 6.09. The Morgan fingerprint density at radius 2 is 1.76 bits per heavy atom. The predicted octanol–water partition coefficient (Wildman–Crippen LogP) is 1.87. The molecule has 0 radical (unpaired) electrons. The zero-order valence-corrected chi connectivity index (χ0v) is 19.8. The number of nitrogens with zero attached hydrogens (tertiary/aromatic N) is 1. The molecule has 0 aliphatic carbocycles. The monoisotopic (exact) mass is 498 g/mol. The second-order valence-corrected chi connectivity index (χ2v) is 9.09. The summed E-state index contributed by atoms with van der Waals surface area (Å²) in [5.74, 6) is -0.683. The lowest BCUT2D eigenvalue weighted by Gasteiger charge is -2.24. The number of H-pyrrole nitrogens is 1. The van der Waals surface area contributed by atoms with Gasteiger partial charge in [0.1, 0.15) is 6.10 Å². The van der Waals surface area contributed by atoms with Gasteiger partial charge in [0.05, 0.1) is 18.8 Å². The number of ether oxygens (including phenoxy) is 4. The van der Waals surface area contributed by atoms with Crippen LogP contribution in [0.2, 0.25) is 0 Å². The molecule has 0 spiro atoms. The number of nitrogens with one attached hydrogen (secondary N) is 1. The SMILES string of the molecule is CCOP(=O)(CO[C@H]1O[C@@H](n2ccc(=O)[nH]c2=O)[C@H](OC)[C@@H]1OC(=O)c1ccccc1)OCC. The van der Waals surface area contributed by atoms with Gasteiger partial charge in [-0.15, -0.1) is 0 Å². The molecule has 1 N–H and O–H groups in total. The second-order valence-electron chi connectivity index (χ2n) is 7.09. The molecule has 3 rings (SSSR count). The zero-order valence-electron chi connectivity index (χ0n) is 18.9. The number of carbonyl (C=O) groups excluding carboxylic acids is 1. The molecule has 1 aliphatic rings. The molecule has 0 bridgehead atoms. The van der Waals surface area contributed by atoms with Gasteiger partial charge in [-0.2, -0.15) is 0 Å². The molecule has 4 atom stereocenters. The highest BCUT2D eigenvalue weighted by Gasteiger charge is 2.50. The first kappa shape index (κ1) is 26.0. The van der Waals surface area contributed by atoms with Gasteiger partial charge >= 0.3 is 19.3 Å². The minimum absolute atomic E-state index is 0.120. The van der Waals surface area contributed by atoms with Crippen molar-refractivity contribution in [3.63, 3.8) is 0 Å². The standard InChI is InChI=1S/C21H27N2O10P/c1-4-30-34(27,31-5-2)13-29-20-17(32-19(25)14-9-7-6-8-10-14)16(28-3)18(33-20)23-12-11-15(24)22-21(23)26/h6-12,16-18,20H,4-5,13H2,1-3H3,(H,22,24,26)/t16-,17+,18-,20+/m1/s1. The fourth-order valence-corrected chi connectivity index (χ4v) is 4.74. The van der Waals surface area contributed by atoms with E-state index in [2.05, 4.69) is 4.98 Å². The minimum atomic E-state index is -3.63. The number of hydrogen-bond acceptors (Lipinski definition) is 10. The van der Waals surface area contributed by atoms with Crippen molar-refractivity contribution in [2.75, 3.05) is 26.7 Å². The van der Waals surface area contributed by atoms with Gasteiger partial charge in [-0.25, -0.2) is 9.59 Å². The van der Waals surface area contributed by atoms with Gasteiger partial charge in [-0.3, -0.25) is 18.9 Å². The molecule has 1 fully saturated rings. The highest BCUT2D eigenvalue weighted by molar-refractivity contribution is 7.53. The summed E-state index contributed by atoms with van der Waals surface area (Å²) in [7, 11) is -2.28. The van der Waals surface area contributed by atoms with Gasteiger partial charge in [0.25, 0.3) is 5.56 Å². The van der Waals surface area contributed by atoms with Gasteiger partial charge in [0.2, 0.25) is 6.29 Å². The van der Waals surface area contributed by atoms with Gasteiger partial charge < -0.3 is 28.0 Å². The highest BCUT2D eigenvalue weighted by atomic mass is 31.2. The van der Waals surface area contributed by atoms with Crippen LogP contribution in [-0.4, -0.2) is 60.7 Å². The topological polar surface area (TPSA) is 144 Å². The van der Waals surface area contributed by atoms with Crippen LogP contribution in [0, 0.1) is 0 Å². The molecule has 1 saturated heterocycles. The maximum atomic E-state index is 12.9. The zero-order chi connectivity index (χ0) is 24.7. The molecular weight excluding hydrogens is 471 g/mol. The molecular formula is C21H27N2O10P. The average Bonchev–Trinajstić information content (AvgIpc) is 3.15. The number of benzene rings is 1. The van der Waals surface area contributed by atoms with Crippen LogP contribution in [0.4, 0.5) is 0 Å². The Kier molecular flexibility index (Phi) is 8.95. The van der Waals surface area contributed by atoms with E-state index in [0.717, 1.165) is 10.6 Å². The van der Waals surface area contributed by atoms with Gasteiger partial charge in [0, 0.05) is 19.4 Å². The van der Waals surface area contributed by atoms with Crippen molar-refractivity contribution in [2.45, 2.75) is 38.6 Å². The van der Waals surface area contributed by atoms with Crippen molar-refractivity contribution in [3.05, 3.63) is 69.0 Å². The van der Waals surface area contributed by atoms with Crippen LogP contribution >= 0.6 is 7.60 Å². The van der Waals surface area contributed by atoms with E-state index in [4.69, 9.17) is 28.0 Å². The van der Waals surface area contributed by atoms with Crippen molar-refractivity contribution >= 4 is 13.6 Å². The Labute approximate surface area is 195 Å². The first-order valence-electron chi connectivity index (χ1n) is 10.6. The summed E-state index contributed by atoms with van der Waals surface area (Å²) in [4.78, 5) is 38.7. The summed E-state index contributed by atoms with van der Waals surface area (Å²) in [5, 5.41) is 0. The smallest absolute Gasteiger partial charge is 0.356 e. The molecule has 1 aliphatic heterocycles. The lowest BCUT2D eigenvalue weighted by atomic mass is 10.2. The van der Waals surface area contributed by atoms with E-state index in [9.17, 15) is 18.9 Å². The molecule has 1 aromatic heterocycles. The Hall–Kier alpha value is -2.60. The summed E-state index contributed by atoms with van der Waals surface area (Å²) >= 11 is 0. The summed E-state index contributed by atoms with van der Waals surface area (Å²) in [6, 6.07) is 9.36. The van der Waals surface area contributed by atoms with E-state index in [1.54, 1.807) is 44.2 Å². The van der Waals surface area contributed by atoms with E-state index in [1.165, 1.54) is 13.3 Å². The highest BCUT2D eigenvalue weighted by Crippen LogP contribution is 2.49. The van der Waals surface area contributed by atoms with Crippen LogP contribution in [0.15, 0.2) is 52.2 Å². The van der Waals surface area contributed by atoms with Crippen LogP contribution in [0.25, 0.3) is 0 Å². The van der Waals surface area contributed by atoms with Crippen LogP contribution in [0.1, 0.15) is 30.4 Å². The van der Waals surface area contributed by atoms with Gasteiger partial charge in [-0.05, 0) is 26.0 Å². The van der Waals surface area contributed by atoms with E-state index in [1.807, 2.05) is 0 Å². The molecule has 13 heteroatoms. The predicted molar refractivity (Wildman–Crippen MR) is 118 cm³/mol. The average molecular weight is 498 g/mol. The minimum Gasteiger partial charge on any atom is -0.450 e. The normalized spacial score (nSPS) is 22.6. The van der Waals surface area contributed by atoms with Gasteiger partial charge in [0.15, 0.2) is 18.7 Å². The Morgan fingerprint density at radius 3 is 2.35 bits per heavy atom. The summed E-state index contributed by atoms with van der Waals surface area (Å²) in [5.41, 5.74) is -1.08. The maximum absolute atomic E-state index is 12.9. The van der Waals surface area contributed by atoms with Crippen molar-refractivity contribution in [1.29, 1.82) is 0 Å². The number of aromatic nitrogens is 2. The van der Waals surface area contributed by atoms with Gasteiger partial charge in [-0.1, -0.05) is 18.2 Å². The third-order valence-electron chi connectivity index (χ3n) is 4.85. The number of hydrogen-bond donors (Lipinski definition) is 1. The van der Waals surface area contributed by atoms with Crippen LogP contribution in [-0.2, 0) is 32.6 Å². The van der Waals surface area contributed by atoms with Crippen molar-refractivity contribution in [1.82, 2.24) is 9.55 Å². The molecule has 2 heterocycles. The van der Waals surface area contributed by atoms with Crippen molar-refractivity contribution in [2.24, 2.45) is 0 Å². The lowest BCUT2D eigenvalue weighted by molar-refractivity contribution is -0.170. The molecule has 186 valence electrons. The Balaban J connectivity index is 1.90.